The third-order valence-electron chi connectivity index (χ3n) is 3.62. The van der Waals surface area contributed by atoms with Crippen LogP contribution in [0.25, 0.3) is 0 Å². The van der Waals surface area contributed by atoms with Crippen LogP contribution in [0.1, 0.15) is 36.6 Å². The van der Waals surface area contributed by atoms with Crippen LogP contribution in [0.2, 0.25) is 0 Å². The molecule has 2 aromatic carbocycles. The minimum absolute atomic E-state index is 0.0743. The van der Waals surface area contributed by atoms with E-state index in [1.165, 1.54) is 0 Å². The molecule has 3 N–H and O–H groups in total. The number of hydrogen-bond acceptors (Lipinski definition) is 3. The summed E-state index contributed by atoms with van der Waals surface area (Å²) in [7, 11) is 1.62. The summed E-state index contributed by atoms with van der Waals surface area (Å²) >= 11 is 0. The van der Waals surface area contributed by atoms with Crippen LogP contribution in [0.5, 0.6) is 5.75 Å². The standard InChI is InChI=1S/C18H22N2O2/c1-13(15-10-6-7-11-17(15)22-2)20-18(21)12-16(19)14-8-4-3-5-9-14/h3-11,13,16H,12,19H2,1-2H3,(H,20,21). The summed E-state index contributed by atoms with van der Waals surface area (Å²) in [5.41, 5.74) is 7.99. The Labute approximate surface area is 131 Å². The topological polar surface area (TPSA) is 64.3 Å². The summed E-state index contributed by atoms with van der Waals surface area (Å²) < 4.78 is 5.32. The highest BCUT2D eigenvalue weighted by Crippen LogP contribution is 2.24. The Morgan fingerprint density at radius 1 is 1.14 bits per heavy atom. The highest BCUT2D eigenvalue weighted by molar-refractivity contribution is 5.77. The predicted molar refractivity (Wildman–Crippen MR) is 87.5 cm³/mol. The molecule has 2 aromatic rings. The lowest BCUT2D eigenvalue weighted by Gasteiger charge is -2.18. The van der Waals surface area contributed by atoms with Gasteiger partial charge in [-0.1, -0.05) is 48.5 Å². The monoisotopic (exact) mass is 298 g/mol. The number of nitrogens with two attached hydrogens (primary N) is 1. The molecule has 22 heavy (non-hydrogen) atoms. The number of rotatable bonds is 6. The molecular formula is C18H22N2O2. The van der Waals surface area contributed by atoms with Crippen LogP contribution in [0, 0.1) is 0 Å². The molecule has 116 valence electrons. The number of ether oxygens (including phenoxy) is 1. The lowest BCUT2D eigenvalue weighted by Crippen LogP contribution is -2.30. The van der Waals surface area contributed by atoms with Crippen molar-refractivity contribution in [1.82, 2.24) is 5.32 Å². The van der Waals surface area contributed by atoms with E-state index in [0.29, 0.717) is 0 Å². The minimum atomic E-state index is -0.300. The van der Waals surface area contributed by atoms with Crippen molar-refractivity contribution < 1.29 is 9.53 Å². The number of carbonyl (C=O) groups excluding carboxylic acids is 1. The van der Waals surface area contributed by atoms with E-state index in [2.05, 4.69) is 5.32 Å². The van der Waals surface area contributed by atoms with Gasteiger partial charge >= 0.3 is 0 Å². The van der Waals surface area contributed by atoms with Crippen molar-refractivity contribution in [1.29, 1.82) is 0 Å². The largest absolute Gasteiger partial charge is 0.496 e. The maximum absolute atomic E-state index is 12.2. The summed E-state index contributed by atoms with van der Waals surface area (Å²) in [6.07, 6.45) is 0.253. The molecule has 0 bridgehead atoms. The third kappa shape index (κ3) is 4.09. The SMILES string of the molecule is COc1ccccc1C(C)NC(=O)CC(N)c1ccccc1. The van der Waals surface area contributed by atoms with Gasteiger partial charge < -0.3 is 15.8 Å². The van der Waals surface area contributed by atoms with Crippen LogP contribution in [0.4, 0.5) is 0 Å². The van der Waals surface area contributed by atoms with E-state index in [9.17, 15) is 4.79 Å². The third-order valence-corrected chi connectivity index (χ3v) is 3.62. The summed E-state index contributed by atoms with van der Waals surface area (Å²) in [6, 6.07) is 16.9. The number of amides is 1. The summed E-state index contributed by atoms with van der Waals surface area (Å²) in [5, 5.41) is 2.97. The predicted octanol–water partition coefficient (Wildman–Crippen LogP) is 2.96. The molecule has 2 rings (SSSR count). The van der Waals surface area contributed by atoms with Crippen LogP contribution in [0.15, 0.2) is 54.6 Å². The molecule has 0 fully saturated rings. The zero-order valence-electron chi connectivity index (χ0n) is 13.0. The van der Waals surface area contributed by atoms with Crippen LogP contribution in [-0.2, 0) is 4.79 Å². The summed E-state index contributed by atoms with van der Waals surface area (Å²) in [6.45, 7) is 1.93. The van der Waals surface area contributed by atoms with Crippen LogP contribution >= 0.6 is 0 Å². The number of para-hydroxylation sites is 1. The van der Waals surface area contributed by atoms with E-state index < -0.39 is 0 Å². The molecule has 0 aromatic heterocycles. The molecule has 2 atom stereocenters. The van der Waals surface area contributed by atoms with Gasteiger partial charge in [-0.05, 0) is 18.6 Å². The van der Waals surface area contributed by atoms with E-state index >= 15 is 0 Å². The van der Waals surface area contributed by atoms with Gasteiger partial charge in [0.1, 0.15) is 5.75 Å². The number of hydrogen-bond donors (Lipinski definition) is 2. The number of carbonyl (C=O) groups is 1. The fourth-order valence-electron chi connectivity index (χ4n) is 2.42. The molecule has 4 heteroatoms. The van der Waals surface area contributed by atoms with Crippen molar-refractivity contribution in [2.75, 3.05) is 7.11 Å². The van der Waals surface area contributed by atoms with Gasteiger partial charge in [0, 0.05) is 18.0 Å². The lowest BCUT2D eigenvalue weighted by molar-refractivity contribution is -0.122. The van der Waals surface area contributed by atoms with Gasteiger partial charge in [-0.15, -0.1) is 0 Å². The molecule has 0 saturated carbocycles. The average Bonchev–Trinajstić information content (AvgIpc) is 2.55. The molecule has 0 aliphatic heterocycles. The van der Waals surface area contributed by atoms with Crippen molar-refractivity contribution in [2.45, 2.75) is 25.4 Å². The normalized spacial score (nSPS) is 13.2. The molecule has 0 aliphatic rings. The summed E-state index contributed by atoms with van der Waals surface area (Å²) in [4.78, 5) is 12.2. The molecule has 1 amide bonds. The number of nitrogens with one attached hydrogen (secondary N) is 1. The van der Waals surface area contributed by atoms with E-state index in [1.54, 1.807) is 7.11 Å². The Morgan fingerprint density at radius 3 is 2.45 bits per heavy atom. The van der Waals surface area contributed by atoms with Crippen molar-refractivity contribution >= 4 is 5.91 Å². The first-order chi connectivity index (χ1) is 10.6. The number of benzene rings is 2. The number of methoxy groups -OCH3 is 1. The molecule has 0 heterocycles. The Morgan fingerprint density at radius 2 is 1.77 bits per heavy atom. The van der Waals surface area contributed by atoms with Gasteiger partial charge in [-0.25, -0.2) is 0 Å². The van der Waals surface area contributed by atoms with Crippen LogP contribution in [0.3, 0.4) is 0 Å². The highest BCUT2D eigenvalue weighted by atomic mass is 16.5. The second-order valence-electron chi connectivity index (χ2n) is 5.25. The smallest absolute Gasteiger partial charge is 0.222 e. The van der Waals surface area contributed by atoms with Crippen molar-refractivity contribution in [2.24, 2.45) is 5.73 Å². The van der Waals surface area contributed by atoms with Gasteiger partial charge in [-0.3, -0.25) is 4.79 Å². The van der Waals surface area contributed by atoms with E-state index in [4.69, 9.17) is 10.5 Å². The zero-order valence-corrected chi connectivity index (χ0v) is 13.0. The Kier molecular flexibility index (Phi) is 5.55. The highest BCUT2D eigenvalue weighted by Gasteiger charge is 2.16. The van der Waals surface area contributed by atoms with Gasteiger partial charge in [0.05, 0.1) is 13.2 Å². The molecule has 2 unspecified atom stereocenters. The lowest BCUT2D eigenvalue weighted by atomic mass is 10.0. The van der Waals surface area contributed by atoms with Crippen molar-refractivity contribution in [3.8, 4) is 5.75 Å². The molecule has 0 aliphatic carbocycles. The first-order valence-electron chi connectivity index (χ1n) is 7.34. The molecule has 0 saturated heterocycles. The first kappa shape index (κ1) is 16.0. The van der Waals surface area contributed by atoms with Gasteiger partial charge in [0.2, 0.25) is 5.91 Å². The fraction of sp³-hybridized carbons (Fsp3) is 0.278. The summed E-state index contributed by atoms with van der Waals surface area (Å²) in [5.74, 6) is 0.692. The van der Waals surface area contributed by atoms with Crippen molar-refractivity contribution in [3.63, 3.8) is 0 Å². The van der Waals surface area contributed by atoms with Gasteiger partial charge in [0.25, 0.3) is 0 Å². The fourth-order valence-corrected chi connectivity index (χ4v) is 2.42. The second-order valence-corrected chi connectivity index (χ2v) is 5.25. The Hall–Kier alpha value is -2.33. The molecular weight excluding hydrogens is 276 g/mol. The molecule has 0 radical (unpaired) electrons. The van der Waals surface area contributed by atoms with Gasteiger partial charge in [0.15, 0.2) is 0 Å². The Balaban J connectivity index is 1.97. The maximum Gasteiger partial charge on any atom is 0.222 e. The zero-order chi connectivity index (χ0) is 15.9. The first-order valence-corrected chi connectivity index (χ1v) is 7.34. The van der Waals surface area contributed by atoms with E-state index in [-0.39, 0.29) is 24.4 Å². The maximum atomic E-state index is 12.2. The van der Waals surface area contributed by atoms with Crippen LogP contribution in [-0.4, -0.2) is 13.0 Å². The van der Waals surface area contributed by atoms with E-state index in [0.717, 1.165) is 16.9 Å². The average molecular weight is 298 g/mol. The van der Waals surface area contributed by atoms with Crippen molar-refractivity contribution in [3.05, 3.63) is 65.7 Å². The van der Waals surface area contributed by atoms with Crippen LogP contribution < -0.4 is 15.8 Å². The van der Waals surface area contributed by atoms with E-state index in [1.807, 2.05) is 61.5 Å². The van der Waals surface area contributed by atoms with Gasteiger partial charge in [-0.2, -0.15) is 0 Å². The minimum Gasteiger partial charge on any atom is -0.496 e. The quantitative estimate of drug-likeness (QED) is 0.861. The molecule has 4 nitrogen and oxygen atoms in total. The molecule has 0 spiro atoms. The second kappa shape index (κ2) is 7.61. The Bertz CT molecular complexity index is 613.